The van der Waals surface area contributed by atoms with Gasteiger partial charge < -0.3 is 10.2 Å². The van der Waals surface area contributed by atoms with E-state index in [1.165, 1.54) is 10.6 Å². The number of carbonyl (C=O) groups excluding carboxylic acids is 1. The lowest BCUT2D eigenvalue weighted by atomic mass is 9.77. The molecule has 37 heavy (non-hydrogen) atoms. The highest BCUT2D eigenvalue weighted by Crippen LogP contribution is 2.47. The van der Waals surface area contributed by atoms with Gasteiger partial charge >= 0.3 is 0 Å². The van der Waals surface area contributed by atoms with Crippen LogP contribution in [-0.4, -0.2) is 63.3 Å². The second-order valence-corrected chi connectivity index (χ2v) is 11.6. The molecule has 4 aromatic rings. The Labute approximate surface area is 214 Å². The summed E-state index contributed by atoms with van der Waals surface area (Å²) in [6.07, 6.45) is 5.64. The van der Waals surface area contributed by atoms with Gasteiger partial charge in [0.1, 0.15) is 6.33 Å². The Morgan fingerprint density at radius 2 is 1.78 bits per heavy atom. The molecule has 1 saturated heterocycles. The number of hydrogen-bond acceptors (Lipinski definition) is 8. The van der Waals surface area contributed by atoms with E-state index in [0.717, 1.165) is 22.5 Å². The standard InChI is InChI=1S/C25H26N8O3S/c1-16-4-6-18(7-5-16)37(35,36)32-10-8-25(9-11-32)22-20(31(3)23(25)34)13-26-24(30-22)29-19-14-33-21(12-17(19)2)27-15-28-33/h4-7,12-15H,8-11H2,1-3H3,(H,26,29,30). The van der Waals surface area contributed by atoms with E-state index >= 15 is 0 Å². The summed E-state index contributed by atoms with van der Waals surface area (Å²) in [5.41, 5.74) is 3.82. The molecule has 1 N–H and O–H groups in total. The number of anilines is 3. The first-order valence-electron chi connectivity index (χ1n) is 12.0. The van der Waals surface area contributed by atoms with Gasteiger partial charge in [0.2, 0.25) is 21.9 Å². The van der Waals surface area contributed by atoms with E-state index < -0.39 is 15.4 Å². The van der Waals surface area contributed by atoms with Gasteiger partial charge in [0, 0.05) is 20.1 Å². The van der Waals surface area contributed by atoms with E-state index in [1.807, 2.05) is 26.1 Å². The number of fused-ring (bicyclic) bond motifs is 3. The van der Waals surface area contributed by atoms with Gasteiger partial charge in [0.15, 0.2) is 5.65 Å². The van der Waals surface area contributed by atoms with E-state index in [-0.39, 0.29) is 23.9 Å². The Bertz CT molecular complexity index is 1640. The quantitative estimate of drug-likeness (QED) is 0.437. The average Bonchev–Trinajstić information content (AvgIpc) is 3.42. The Morgan fingerprint density at radius 1 is 1.05 bits per heavy atom. The van der Waals surface area contributed by atoms with Crippen molar-refractivity contribution in [1.82, 2.24) is 28.9 Å². The average molecular weight is 519 g/mol. The fourth-order valence-corrected chi connectivity index (χ4v) is 6.63. The zero-order valence-electron chi connectivity index (χ0n) is 20.7. The SMILES string of the molecule is Cc1ccc(S(=O)(=O)N2CCC3(CC2)C(=O)N(C)c2cnc(Nc4cn5ncnc5cc4C)nc23)cc1. The number of hydrogen-bond donors (Lipinski definition) is 1. The maximum absolute atomic E-state index is 13.5. The van der Waals surface area contributed by atoms with Crippen LogP contribution in [0.2, 0.25) is 0 Å². The summed E-state index contributed by atoms with van der Waals surface area (Å²) in [4.78, 5) is 28.8. The largest absolute Gasteiger partial charge is 0.323 e. The zero-order valence-corrected chi connectivity index (χ0v) is 21.5. The number of piperidine rings is 1. The maximum atomic E-state index is 13.5. The van der Waals surface area contributed by atoms with Gasteiger partial charge in [-0.05, 0) is 50.5 Å². The van der Waals surface area contributed by atoms with Crippen molar-refractivity contribution in [3.63, 3.8) is 0 Å². The summed E-state index contributed by atoms with van der Waals surface area (Å²) in [5.74, 6) is 0.278. The van der Waals surface area contributed by atoms with Crippen molar-refractivity contribution in [2.24, 2.45) is 0 Å². The first-order chi connectivity index (χ1) is 17.7. The molecule has 11 nitrogen and oxygen atoms in total. The number of aromatic nitrogens is 5. The van der Waals surface area contributed by atoms with Crippen molar-refractivity contribution in [3.05, 3.63) is 65.9 Å². The van der Waals surface area contributed by atoms with Gasteiger partial charge in [-0.3, -0.25) is 4.79 Å². The third-order valence-corrected chi connectivity index (χ3v) is 9.31. The molecule has 2 aliphatic heterocycles. The third kappa shape index (κ3) is 3.66. The summed E-state index contributed by atoms with van der Waals surface area (Å²) < 4.78 is 29.6. The number of nitrogens with one attached hydrogen (secondary N) is 1. The number of likely N-dealkylation sites (N-methyl/N-ethyl adjacent to an activating group) is 1. The lowest BCUT2D eigenvalue weighted by Gasteiger charge is -2.37. The molecule has 3 aromatic heterocycles. The lowest BCUT2D eigenvalue weighted by molar-refractivity contribution is -0.124. The third-order valence-electron chi connectivity index (χ3n) is 7.40. The fraction of sp³-hybridized carbons (Fsp3) is 0.320. The van der Waals surface area contributed by atoms with Crippen LogP contribution in [0.1, 0.15) is 29.7 Å². The van der Waals surface area contributed by atoms with Crippen LogP contribution >= 0.6 is 0 Å². The van der Waals surface area contributed by atoms with Crippen LogP contribution in [0.4, 0.5) is 17.3 Å². The molecule has 0 bridgehead atoms. The van der Waals surface area contributed by atoms with Gasteiger partial charge in [-0.15, -0.1) is 0 Å². The van der Waals surface area contributed by atoms with Crippen molar-refractivity contribution >= 4 is 38.9 Å². The number of benzene rings is 1. The van der Waals surface area contributed by atoms with Crippen LogP contribution in [0.15, 0.2) is 53.9 Å². The number of aryl methyl sites for hydroxylation is 2. The molecular formula is C25H26N8O3S. The van der Waals surface area contributed by atoms with Crippen LogP contribution in [-0.2, 0) is 20.2 Å². The molecule has 12 heteroatoms. The van der Waals surface area contributed by atoms with Gasteiger partial charge in [-0.1, -0.05) is 17.7 Å². The minimum Gasteiger partial charge on any atom is -0.323 e. The second-order valence-electron chi connectivity index (χ2n) is 9.65. The summed E-state index contributed by atoms with van der Waals surface area (Å²) in [6, 6.07) is 8.74. The van der Waals surface area contributed by atoms with Crippen LogP contribution in [0.3, 0.4) is 0 Å². The molecule has 1 spiro atoms. The van der Waals surface area contributed by atoms with Crippen molar-refractivity contribution < 1.29 is 13.2 Å². The monoisotopic (exact) mass is 518 g/mol. The zero-order chi connectivity index (χ0) is 25.9. The van der Waals surface area contributed by atoms with Crippen molar-refractivity contribution in [2.45, 2.75) is 37.0 Å². The van der Waals surface area contributed by atoms with Gasteiger partial charge in [0.25, 0.3) is 0 Å². The molecule has 5 heterocycles. The van der Waals surface area contributed by atoms with Crippen molar-refractivity contribution in [3.8, 4) is 0 Å². The number of sulfonamides is 1. The first kappa shape index (κ1) is 23.5. The Hall–Kier alpha value is -3.90. The predicted molar refractivity (Wildman–Crippen MR) is 137 cm³/mol. The van der Waals surface area contributed by atoms with Crippen LogP contribution in [0.25, 0.3) is 5.65 Å². The normalized spacial score (nSPS) is 17.5. The van der Waals surface area contributed by atoms with Crippen LogP contribution < -0.4 is 10.2 Å². The Kier molecular flexibility index (Phi) is 5.28. The Morgan fingerprint density at radius 3 is 2.51 bits per heavy atom. The predicted octanol–water partition coefficient (Wildman–Crippen LogP) is 2.58. The van der Waals surface area contributed by atoms with E-state index in [1.54, 1.807) is 46.9 Å². The second kappa shape index (κ2) is 8.32. The summed E-state index contributed by atoms with van der Waals surface area (Å²) in [6.45, 7) is 4.32. The number of carbonyl (C=O) groups is 1. The molecular weight excluding hydrogens is 492 g/mol. The van der Waals surface area contributed by atoms with Gasteiger partial charge in [-0.25, -0.2) is 27.9 Å². The minimum atomic E-state index is -3.65. The number of amides is 1. The van der Waals surface area contributed by atoms with Crippen molar-refractivity contribution in [1.29, 1.82) is 0 Å². The van der Waals surface area contributed by atoms with Gasteiger partial charge in [0.05, 0.1) is 39.8 Å². The van der Waals surface area contributed by atoms with Crippen molar-refractivity contribution in [2.75, 3.05) is 30.4 Å². The molecule has 0 aliphatic carbocycles. The number of pyridine rings is 1. The molecule has 1 fully saturated rings. The molecule has 1 amide bonds. The van der Waals surface area contributed by atoms with Crippen LogP contribution in [0, 0.1) is 13.8 Å². The summed E-state index contributed by atoms with van der Waals surface area (Å²) >= 11 is 0. The highest BCUT2D eigenvalue weighted by molar-refractivity contribution is 7.89. The van der Waals surface area contributed by atoms with Crippen LogP contribution in [0.5, 0.6) is 0 Å². The molecule has 0 unspecified atom stereocenters. The summed E-state index contributed by atoms with van der Waals surface area (Å²) in [5, 5.41) is 7.43. The summed E-state index contributed by atoms with van der Waals surface area (Å²) in [7, 11) is -1.94. The molecule has 1 aromatic carbocycles. The number of rotatable bonds is 4. The molecule has 2 aliphatic rings. The first-order valence-corrected chi connectivity index (χ1v) is 13.4. The molecule has 0 atom stereocenters. The van der Waals surface area contributed by atoms with E-state index in [0.29, 0.717) is 30.2 Å². The Balaban J connectivity index is 1.30. The lowest BCUT2D eigenvalue weighted by Crippen LogP contribution is -2.49. The topological polar surface area (TPSA) is 126 Å². The van der Waals surface area contributed by atoms with E-state index in [2.05, 4.69) is 20.4 Å². The maximum Gasteiger partial charge on any atom is 0.243 e. The minimum absolute atomic E-state index is 0.0819. The molecule has 6 rings (SSSR count). The molecule has 0 saturated carbocycles. The van der Waals surface area contributed by atoms with Gasteiger partial charge in [-0.2, -0.15) is 9.40 Å². The molecule has 0 radical (unpaired) electrons. The highest BCUT2D eigenvalue weighted by Gasteiger charge is 2.53. The molecule has 190 valence electrons. The fourth-order valence-electron chi connectivity index (χ4n) is 5.19. The highest BCUT2D eigenvalue weighted by atomic mass is 32.2. The smallest absolute Gasteiger partial charge is 0.243 e. The van der Waals surface area contributed by atoms with E-state index in [4.69, 9.17) is 4.98 Å². The van der Waals surface area contributed by atoms with E-state index in [9.17, 15) is 13.2 Å². The number of nitrogens with zero attached hydrogens (tertiary/aromatic N) is 7.